The second-order valence-corrected chi connectivity index (χ2v) is 11.3. The van der Waals surface area contributed by atoms with E-state index in [2.05, 4.69) is 5.16 Å². The molecule has 0 amide bonds. The number of benzene rings is 2. The summed E-state index contributed by atoms with van der Waals surface area (Å²) in [5.41, 5.74) is 0.763. The van der Waals surface area contributed by atoms with Crippen LogP contribution in [0.3, 0.4) is 0 Å². The number of ether oxygens (including phenoxy) is 1. The van der Waals surface area contributed by atoms with E-state index in [1.807, 2.05) is 0 Å². The summed E-state index contributed by atoms with van der Waals surface area (Å²) in [7, 11) is 0. The van der Waals surface area contributed by atoms with Crippen molar-refractivity contribution in [2.24, 2.45) is 11.8 Å². The SMILES string of the molecule is O=C(O)c1ccc([C@]2(O)[C@@H]3CC[C@H]2C[C@H](OCc2c(-c4c(Cl)cccc4Cl)noc2C2CC2)C3)c(F)c1. The van der Waals surface area contributed by atoms with E-state index in [0.717, 1.165) is 43.1 Å². The smallest absolute Gasteiger partial charge is 0.335 e. The van der Waals surface area contributed by atoms with Gasteiger partial charge >= 0.3 is 5.97 Å². The number of rotatable bonds is 7. The van der Waals surface area contributed by atoms with Gasteiger partial charge in [0.2, 0.25) is 0 Å². The molecule has 194 valence electrons. The fourth-order valence-electron chi connectivity index (χ4n) is 6.30. The summed E-state index contributed by atoms with van der Waals surface area (Å²) >= 11 is 12.9. The van der Waals surface area contributed by atoms with Crippen molar-refractivity contribution in [1.29, 1.82) is 0 Å². The van der Waals surface area contributed by atoms with Crippen molar-refractivity contribution in [2.75, 3.05) is 0 Å². The summed E-state index contributed by atoms with van der Waals surface area (Å²) in [6.45, 7) is 0.274. The summed E-state index contributed by atoms with van der Waals surface area (Å²) in [4.78, 5) is 11.2. The van der Waals surface area contributed by atoms with Crippen LogP contribution in [-0.4, -0.2) is 27.4 Å². The highest BCUT2D eigenvalue weighted by Crippen LogP contribution is 2.56. The van der Waals surface area contributed by atoms with Crippen molar-refractivity contribution in [1.82, 2.24) is 5.16 Å². The van der Waals surface area contributed by atoms with E-state index >= 15 is 0 Å². The van der Waals surface area contributed by atoms with Crippen LogP contribution in [0.4, 0.5) is 4.39 Å². The largest absolute Gasteiger partial charge is 0.478 e. The number of hydrogen-bond donors (Lipinski definition) is 2. The first kappa shape index (κ1) is 24.9. The molecule has 1 aromatic heterocycles. The Labute approximate surface area is 223 Å². The highest BCUT2D eigenvalue weighted by atomic mass is 35.5. The van der Waals surface area contributed by atoms with Gasteiger partial charge in [-0.2, -0.15) is 0 Å². The van der Waals surface area contributed by atoms with E-state index in [1.165, 1.54) is 12.1 Å². The van der Waals surface area contributed by atoms with Gasteiger partial charge in [0.1, 0.15) is 17.3 Å². The molecule has 9 heteroatoms. The maximum absolute atomic E-state index is 14.9. The Bertz CT molecular complexity index is 1340. The molecular formula is C28H26Cl2FNO5. The van der Waals surface area contributed by atoms with E-state index in [-0.39, 0.29) is 35.7 Å². The van der Waals surface area contributed by atoms with Crippen molar-refractivity contribution in [3.8, 4) is 11.3 Å². The number of hydrogen-bond acceptors (Lipinski definition) is 5. The van der Waals surface area contributed by atoms with Crippen molar-refractivity contribution < 1.29 is 28.7 Å². The van der Waals surface area contributed by atoms with E-state index in [0.29, 0.717) is 40.1 Å². The highest BCUT2D eigenvalue weighted by Gasteiger charge is 2.55. The van der Waals surface area contributed by atoms with E-state index < -0.39 is 17.4 Å². The molecule has 2 bridgehead atoms. The Kier molecular flexibility index (Phi) is 6.30. The first-order valence-corrected chi connectivity index (χ1v) is 13.3. The number of aliphatic hydroxyl groups is 1. The molecule has 0 radical (unpaired) electrons. The van der Waals surface area contributed by atoms with Crippen LogP contribution in [0, 0.1) is 17.7 Å². The molecule has 6 rings (SSSR count). The maximum atomic E-state index is 14.9. The van der Waals surface area contributed by atoms with Gasteiger partial charge in [-0.3, -0.25) is 0 Å². The molecule has 2 N–H and O–H groups in total. The minimum absolute atomic E-state index is 0.129. The Hall–Kier alpha value is -2.45. The normalized spacial score (nSPS) is 27.0. The van der Waals surface area contributed by atoms with Crippen LogP contribution >= 0.6 is 23.2 Å². The van der Waals surface area contributed by atoms with Gasteiger partial charge in [0.25, 0.3) is 0 Å². The second kappa shape index (κ2) is 9.38. The average molecular weight is 546 g/mol. The van der Waals surface area contributed by atoms with Crippen LogP contribution in [-0.2, 0) is 16.9 Å². The van der Waals surface area contributed by atoms with Crippen LogP contribution in [0.25, 0.3) is 11.3 Å². The number of carboxylic acids is 1. The molecule has 3 aliphatic carbocycles. The Morgan fingerprint density at radius 1 is 1.11 bits per heavy atom. The fraction of sp³-hybridized carbons (Fsp3) is 0.429. The number of fused-ring (bicyclic) bond motifs is 2. The summed E-state index contributed by atoms with van der Waals surface area (Å²) in [5, 5.41) is 26.2. The monoisotopic (exact) mass is 545 g/mol. The predicted molar refractivity (Wildman–Crippen MR) is 135 cm³/mol. The standard InChI is InChI=1S/C28H26Cl2FNO5/c29-21-2-1-3-22(30)24(21)25-19(26(37-32-25)14-4-5-14)13-36-18-11-16-7-8-17(12-18)28(16,35)20-9-6-15(27(33)34)10-23(20)31/h1-3,6,9-10,14,16-18,35H,4-5,7-8,11-13H2,(H,33,34)/t16-,17+,18-,28+. The number of halogens is 3. The third kappa shape index (κ3) is 4.26. The Morgan fingerprint density at radius 3 is 2.38 bits per heavy atom. The zero-order chi connectivity index (χ0) is 25.9. The maximum Gasteiger partial charge on any atom is 0.335 e. The van der Waals surface area contributed by atoms with Crippen molar-refractivity contribution >= 4 is 29.2 Å². The average Bonchev–Trinajstić information content (AvgIpc) is 3.60. The summed E-state index contributed by atoms with van der Waals surface area (Å²) in [6.07, 6.45) is 4.58. The minimum atomic E-state index is -1.34. The van der Waals surface area contributed by atoms with Gasteiger partial charge < -0.3 is 19.5 Å². The van der Waals surface area contributed by atoms with Crippen molar-refractivity contribution in [2.45, 2.75) is 62.8 Å². The lowest BCUT2D eigenvalue weighted by Crippen LogP contribution is -2.45. The van der Waals surface area contributed by atoms with Gasteiger partial charge in [0.15, 0.2) is 0 Å². The van der Waals surface area contributed by atoms with Crippen LogP contribution in [0.15, 0.2) is 40.9 Å². The molecule has 0 spiro atoms. The molecule has 1 heterocycles. The third-order valence-corrected chi connectivity index (χ3v) is 8.91. The molecule has 3 aromatic rings. The van der Waals surface area contributed by atoms with E-state index in [1.54, 1.807) is 18.2 Å². The summed E-state index contributed by atoms with van der Waals surface area (Å²) in [6, 6.07) is 9.08. The number of aromatic carboxylic acids is 1. The Morgan fingerprint density at radius 2 is 1.78 bits per heavy atom. The number of aromatic nitrogens is 1. The van der Waals surface area contributed by atoms with Crippen LogP contribution in [0.5, 0.6) is 0 Å². The fourth-order valence-corrected chi connectivity index (χ4v) is 6.88. The lowest BCUT2D eigenvalue weighted by atomic mass is 9.69. The van der Waals surface area contributed by atoms with Crippen LogP contribution in [0.1, 0.15) is 71.7 Å². The van der Waals surface area contributed by atoms with Gasteiger partial charge in [-0.1, -0.05) is 40.5 Å². The lowest BCUT2D eigenvalue weighted by Gasteiger charge is -2.43. The molecular weight excluding hydrogens is 520 g/mol. The predicted octanol–water partition coefficient (Wildman–Crippen LogP) is 6.96. The molecule has 6 nitrogen and oxygen atoms in total. The minimum Gasteiger partial charge on any atom is -0.478 e. The molecule has 37 heavy (non-hydrogen) atoms. The molecule has 0 unspecified atom stereocenters. The summed E-state index contributed by atoms with van der Waals surface area (Å²) < 4.78 is 27.1. The molecule has 4 atom stereocenters. The number of nitrogens with zero attached hydrogens (tertiary/aromatic N) is 1. The molecule has 3 fully saturated rings. The third-order valence-electron chi connectivity index (χ3n) is 8.28. The number of carboxylic acid groups (broad SMARTS) is 1. The summed E-state index contributed by atoms with van der Waals surface area (Å²) in [5.74, 6) is -1.14. The van der Waals surface area contributed by atoms with E-state index in [9.17, 15) is 19.4 Å². The number of carbonyl (C=O) groups is 1. The topological polar surface area (TPSA) is 92.8 Å². The first-order valence-electron chi connectivity index (χ1n) is 12.6. The molecule has 0 aliphatic heterocycles. The quantitative estimate of drug-likeness (QED) is 0.333. The zero-order valence-corrected chi connectivity index (χ0v) is 21.4. The van der Waals surface area contributed by atoms with Crippen LogP contribution in [0.2, 0.25) is 10.0 Å². The van der Waals surface area contributed by atoms with Gasteiger partial charge in [-0.05, 0) is 74.6 Å². The van der Waals surface area contributed by atoms with Gasteiger partial charge in [-0.25, -0.2) is 9.18 Å². The molecule has 0 saturated heterocycles. The first-order chi connectivity index (χ1) is 17.8. The zero-order valence-electron chi connectivity index (χ0n) is 19.9. The van der Waals surface area contributed by atoms with Crippen LogP contribution < -0.4 is 0 Å². The Balaban J connectivity index is 1.23. The highest BCUT2D eigenvalue weighted by molar-refractivity contribution is 6.39. The molecule has 2 aromatic carbocycles. The second-order valence-electron chi connectivity index (χ2n) is 10.4. The molecule has 3 aliphatic rings. The van der Waals surface area contributed by atoms with Crippen molar-refractivity contribution in [3.63, 3.8) is 0 Å². The van der Waals surface area contributed by atoms with Crippen molar-refractivity contribution in [3.05, 3.63) is 74.7 Å². The van der Waals surface area contributed by atoms with Gasteiger partial charge in [0, 0.05) is 22.6 Å². The lowest BCUT2D eigenvalue weighted by molar-refractivity contribution is -0.117. The van der Waals surface area contributed by atoms with Gasteiger partial charge in [0.05, 0.1) is 33.9 Å². The van der Waals surface area contributed by atoms with E-state index in [4.69, 9.17) is 32.5 Å². The molecule has 3 saturated carbocycles. The van der Waals surface area contributed by atoms with Gasteiger partial charge in [-0.15, -0.1) is 0 Å².